The predicted octanol–water partition coefficient (Wildman–Crippen LogP) is -0.103. The summed E-state index contributed by atoms with van der Waals surface area (Å²) in [5, 5.41) is 6.40. The quantitative estimate of drug-likeness (QED) is 0.702. The summed E-state index contributed by atoms with van der Waals surface area (Å²) < 4.78 is 1.66. The van der Waals surface area contributed by atoms with Gasteiger partial charge >= 0.3 is 5.69 Å². The Labute approximate surface area is 85.0 Å². The van der Waals surface area contributed by atoms with E-state index in [4.69, 9.17) is 0 Å². The zero-order chi connectivity index (χ0) is 10.3. The molecule has 15 heavy (non-hydrogen) atoms. The van der Waals surface area contributed by atoms with Gasteiger partial charge in [-0.1, -0.05) is 0 Å². The van der Waals surface area contributed by atoms with E-state index in [0.29, 0.717) is 0 Å². The molecule has 0 aliphatic carbocycles. The third-order valence-electron chi connectivity index (χ3n) is 2.66. The highest BCUT2D eigenvalue weighted by Gasteiger charge is 2.27. The van der Waals surface area contributed by atoms with Crippen molar-refractivity contribution >= 4 is 0 Å². The van der Waals surface area contributed by atoms with Crippen molar-refractivity contribution in [2.45, 2.75) is 18.9 Å². The lowest BCUT2D eigenvalue weighted by atomic mass is 10.1. The molecule has 2 aromatic heterocycles. The number of aryl methyl sites for hydroxylation is 1. The van der Waals surface area contributed by atoms with Crippen molar-refractivity contribution in [1.82, 2.24) is 24.7 Å². The van der Waals surface area contributed by atoms with Crippen LogP contribution in [0.4, 0.5) is 0 Å². The molecule has 76 valence electrons. The molecule has 1 N–H and O–H groups in total. The number of nitrogens with one attached hydrogen (secondary N) is 1. The largest absolute Gasteiger partial charge is 0.343 e. The van der Waals surface area contributed by atoms with Crippen LogP contribution in [-0.4, -0.2) is 24.7 Å². The van der Waals surface area contributed by atoms with E-state index in [1.165, 1.54) is 0 Å². The van der Waals surface area contributed by atoms with Crippen LogP contribution in [0.1, 0.15) is 24.0 Å². The van der Waals surface area contributed by atoms with Crippen molar-refractivity contribution < 1.29 is 0 Å². The monoisotopic (exact) mass is 203 g/mol. The van der Waals surface area contributed by atoms with E-state index in [2.05, 4.69) is 20.2 Å². The minimum atomic E-state index is -0.168. The van der Waals surface area contributed by atoms with Gasteiger partial charge in [-0.15, -0.1) is 0 Å². The summed E-state index contributed by atoms with van der Waals surface area (Å²) in [6.45, 7) is 0. The Kier molecular flexibility index (Phi) is 1.67. The van der Waals surface area contributed by atoms with Gasteiger partial charge in [-0.3, -0.25) is 14.5 Å². The minimum Gasteiger partial charge on any atom is -0.270 e. The molecule has 0 radical (unpaired) electrons. The fraction of sp³-hybridized carbons (Fsp3) is 0.333. The Bertz CT molecular complexity index is 529. The molecule has 0 amide bonds. The standard InChI is InChI=1S/C9H9N5O/c15-9-13-12-8-2-1-7(14(8)9)6-5-10-3-4-11-6/h3-5,7H,1-2H2,(H,13,15). The molecule has 6 nitrogen and oxygen atoms in total. The van der Waals surface area contributed by atoms with E-state index in [0.717, 1.165) is 24.4 Å². The van der Waals surface area contributed by atoms with Crippen LogP contribution >= 0.6 is 0 Å². The summed E-state index contributed by atoms with van der Waals surface area (Å²) in [6, 6.07) is -0.0139. The highest BCUT2D eigenvalue weighted by molar-refractivity contribution is 5.11. The van der Waals surface area contributed by atoms with Gasteiger partial charge in [0, 0.05) is 18.8 Å². The minimum absolute atomic E-state index is 0.0139. The molecular weight excluding hydrogens is 194 g/mol. The SMILES string of the molecule is O=c1[nH]nc2n1C(c1cnccn1)CC2. The Morgan fingerprint density at radius 2 is 2.40 bits per heavy atom. The zero-order valence-electron chi connectivity index (χ0n) is 7.92. The van der Waals surface area contributed by atoms with Gasteiger partial charge in [0.2, 0.25) is 0 Å². The number of H-pyrrole nitrogens is 1. The average Bonchev–Trinajstić information content (AvgIpc) is 2.84. The highest BCUT2D eigenvalue weighted by Crippen LogP contribution is 2.26. The lowest BCUT2D eigenvalue weighted by Gasteiger charge is -2.09. The van der Waals surface area contributed by atoms with Gasteiger partial charge in [0.25, 0.3) is 0 Å². The Hall–Kier alpha value is -1.98. The van der Waals surface area contributed by atoms with Crippen LogP contribution in [0.2, 0.25) is 0 Å². The Morgan fingerprint density at radius 3 is 3.20 bits per heavy atom. The van der Waals surface area contributed by atoms with Crippen molar-refractivity contribution in [1.29, 1.82) is 0 Å². The number of hydrogen-bond acceptors (Lipinski definition) is 4. The van der Waals surface area contributed by atoms with Crippen LogP contribution in [0.25, 0.3) is 0 Å². The number of fused-ring (bicyclic) bond motifs is 1. The van der Waals surface area contributed by atoms with Crippen LogP contribution in [0, 0.1) is 0 Å². The molecule has 2 aromatic rings. The second-order valence-electron chi connectivity index (χ2n) is 3.50. The van der Waals surface area contributed by atoms with Gasteiger partial charge in [0.15, 0.2) is 0 Å². The Morgan fingerprint density at radius 1 is 1.47 bits per heavy atom. The second-order valence-corrected chi connectivity index (χ2v) is 3.50. The molecule has 1 aliphatic rings. The van der Waals surface area contributed by atoms with Crippen molar-refractivity contribution in [2.75, 3.05) is 0 Å². The molecule has 1 aliphatic heterocycles. The van der Waals surface area contributed by atoms with Gasteiger partial charge in [-0.05, 0) is 6.42 Å². The molecule has 0 fully saturated rings. The number of nitrogens with zero attached hydrogens (tertiary/aromatic N) is 4. The molecule has 3 rings (SSSR count). The summed E-state index contributed by atoms with van der Waals surface area (Å²) in [5.74, 6) is 0.802. The lowest BCUT2D eigenvalue weighted by molar-refractivity contribution is 0.579. The van der Waals surface area contributed by atoms with Crippen LogP contribution in [0.5, 0.6) is 0 Å². The summed E-state index contributed by atoms with van der Waals surface area (Å²) in [7, 11) is 0. The molecular formula is C9H9N5O. The van der Waals surface area contributed by atoms with Gasteiger partial charge in [0.05, 0.1) is 17.9 Å². The third-order valence-corrected chi connectivity index (χ3v) is 2.66. The van der Waals surface area contributed by atoms with Crippen molar-refractivity contribution in [3.8, 4) is 0 Å². The number of aromatic nitrogens is 5. The van der Waals surface area contributed by atoms with Gasteiger partial charge in [-0.25, -0.2) is 9.89 Å². The van der Waals surface area contributed by atoms with Crippen LogP contribution < -0.4 is 5.69 Å². The van der Waals surface area contributed by atoms with Crippen LogP contribution in [-0.2, 0) is 6.42 Å². The first-order valence-electron chi connectivity index (χ1n) is 4.78. The van der Waals surface area contributed by atoms with E-state index < -0.39 is 0 Å². The first-order chi connectivity index (χ1) is 7.36. The average molecular weight is 203 g/mol. The van der Waals surface area contributed by atoms with E-state index in [9.17, 15) is 4.79 Å². The molecule has 0 aromatic carbocycles. The normalized spacial score (nSPS) is 19.1. The van der Waals surface area contributed by atoms with E-state index in [-0.39, 0.29) is 11.7 Å². The maximum atomic E-state index is 11.5. The van der Waals surface area contributed by atoms with Crippen LogP contribution in [0.3, 0.4) is 0 Å². The van der Waals surface area contributed by atoms with Crippen molar-refractivity contribution in [2.24, 2.45) is 0 Å². The maximum Gasteiger partial charge on any atom is 0.343 e. The van der Waals surface area contributed by atoms with Crippen molar-refractivity contribution in [3.05, 3.63) is 40.6 Å². The topological polar surface area (TPSA) is 76.5 Å². The summed E-state index contributed by atoms with van der Waals surface area (Å²) >= 11 is 0. The zero-order valence-corrected chi connectivity index (χ0v) is 7.92. The number of rotatable bonds is 1. The summed E-state index contributed by atoms with van der Waals surface area (Å²) in [5.41, 5.74) is 0.651. The maximum absolute atomic E-state index is 11.5. The second kappa shape index (κ2) is 3.01. The summed E-state index contributed by atoms with van der Waals surface area (Å²) in [4.78, 5) is 19.7. The van der Waals surface area contributed by atoms with Gasteiger partial charge in [0.1, 0.15) is 5.82 Å². The first kappa shape index (κ1) is 8.34. The molecule has 0 spiro atoms. The van der Waals surface area contributed by atoms with Gasteiger partial charge in [-0.2, -0.15) is 5.10 Å². The van der Waals surface area contributed by atoms with Gasteiger partial charge < -0.3 is 0 Å². The van der Waals surface area contributed by atoms with E-state index in [1.54, 1.807) is 23.2 Å². The number of hydrogen-bond donors (Lipinski definition) is 1. The molecule has 6 heteroatoms. The smallest absolute Gasteiger partial charge is 0.270 e. The molecule has 1 atom stereocenters. The predicted molar refractivity (Wildman–Crippen MR) is 51.3 cm³/mol. The molecule has 0 saturated heterocycles. The van der Waals surface area contributed by atoms with Crippen LogP contribution in [0.15, 0.2) is 23.4 Å². The molecule has 0 bridgehead atoms. The lowest BCUT2D eigenvalue weighted by Crippen LogP contribution is -2.21. The number of aromatic amines is 1. The molecule has 1 unspecified atom stereocenters. The fourth-order valence-corrected chi connectivity index (χ4v) is 1.99. The van der Waals surface area contributed by atoms with E-state index in [1.807, 2.05) is 0 Å². The third kappa shape index (κ3) is 1.18. The van der Waals surface area contributed by atoms with Crippen molar-refractivity contribution in [3.63, 3.8) is 0 Å². The highest BCUT2D eigenvalue weighted by atomic mass is 16.1. The summed E-state index contributed by atoms with van der Waals surface area (Å²) in [6.07, 6.45) is 6.63. The first-order valence-corrected chi connectivity index (χ1v) is 4.78. The van der Waals surface area contributed by atoms with E-state index >= 15 is 0 Å². The molecule has 3 heterocycles. The fourth-order valence-electron chi connectivity index (χ4n) is 1.99. The molecule has 0 saturated carbocycles. The Balaban J connectivity index is 2.11.